The number of hydrogen-bond acceptors (Lipinski definition) is 4. The molecule has 0 aromatic heterocycles. The molecule has 4 aliphatic carbocycles. The average molecular weight is 337 g/mol. The maximum Gasteiger partial charge on any atom is 0.238 e. The Morgan fingerprint density at radius 3 is 2.20 bits per heavy atom. The van der Waals surface area contributed by atoms with E-state index < -0.39 is 0 Å². The summed E-state index contributed by atoms with van der Waals surface area (Å²) < 4.78 is 5.37. The number of hydrogen-bond donors (Lipinski definition) is 0. The van der Waals surface area contributed by atoms with Crippen LogP contribution in [0.25, 0.3) is 0 Å². The molecule has 1 aromatic carbocycles. The second-order valence-corrected chi connectivity index (χ2v) is 7.61. The predicted octanol–water partition coefficient (Wildman–Crippen LogP) is 2.46. The fraction of sp³-hybridized carbons (Fsp3) is 0.450. The topological polar surface area (TPSA) is 63.7 Å². The highest BCUT2D eigenvalue weighted by atomic mass is 16.5. The van der Waals surface area contributed by atoms with Gasteiger partial charge in [-0.3, -0.25) is 14.4 Å². The van der Waals surface area contributed by atoms with Crippen LogP contribution in [0.3, 0.4) is 0 Å². The summed E-state index contributed by atoms with van der Waals surface area (Å²) in [4.78, 5) is 39.4. The Kier molecular flexibility index (Phi) is 2.86. The van der Waals surface area contributed by atoms with Crippen LogP contribution in [0.5, 0.6) is 5.75 Å². The van der Waals surface area contributed by atoms with Crippen LogP contribution in [0.4, 0.5) is 5.69 Å². The van der Waals surface area contributed by atoms with Crippen LogP contribution in [0.2, 0.25) is 0 Å². The zero-order chi connectivity index (χ0) is 17.5. The average Bonchev–Trinajstić information content (AvgIpc) is 3.39. The number of allylic oxidation sites excluding steroid dienone is 2. The monoisotopic (exact) mass is 337 g/mol. The molecular formula is C20H19NO4. The molecule has 128 valence electrons. The third kappa shape index (κ3) is 1.81. The second-order valence-electron chi connectivity index (χ2n) is 7.61. The molecule has 2 amide bonds. The molecule has 1 heterocycles. The first kappa shape index (κ1) is 14.9. The third-order valence-corrected chi connectivity index (χ3v) is 6.49. The molecule has 1 aliphatic heterocycles. The first-order valence-corrected chi connectivity index (χ1v) is 8.78. The molecule has 5 heteroatoms. The highest BCUT2D eigenvalue weighted by Crippen LogP contribution is 2.65. The highest BCUT2D eigenvalue weighted by molar-refractivity contribution is 6.23. The number of amides is 2. The molecule has 6 atom stereocenters. The van der Waals surface area contributed by atoms with Crippen LogP contribution < -0.4 is 9.64 Å². The first-order chi connectivity index (χ1) is 12.0. The van der Waals surface area contributed by atoms with Gasteiger partial charge in [0.1, 0.15) is 5.75 Å². The van der Waals surface area contributed by atoms with Crippen molar-refractivity contribution >= 4 is 23.3 Å². The van der Waals surface area contributed by atoms with Crippen molar-refractivity contribution in [3.05, 3.63) is 35.9 Å². The van der Waals surface area contributed by atoms with Gasteiger partial charge in [0.15, 0.2) is 5.78 Å². The van der Waals surface area contributed by atoms with Crippen molar-refractivity contribution in [2.24, 2.45) is 35.5 Å². The summed E-state index contributed by atoms with van der Waals surface area (Å²) in [6.07, 6.45) is 5.44. The summed E-state index contributed by atoms with van der Waals surface area (Å²) in [5.41, 5.74) is 0.864. The van der Waals surface area contributed by atoms with E-state index in [-0.39, 0.29) is 41.3 Å². The molecule has 6 rings (SSSR count). The van der Waals surface area contributed by atoms with E-state index in [0.29, 0.717) is 28.8 Å². The van der Waals surface area contributed by atoms with Crippen molar-refractivity contribution in [1.29, 1.82) is 0 Å². The van der Waals surface area contributed by atoms with E-state index in [2.05, 4.69) is 12.2 Å². The van der Waals surface area contributed by atoms with Crippen LogP contribution in [0, 0.1) is 35.5 Å². The number of methoxy groups -OCH3 is 1. The van der Waals surface area contributed by atoms with Gasteiger partial charge in [0.05, 0.1) is 24.6 Å². The molecule has 5 aliphatic rings. The van der Waals surface area contributed by atoms with E-state index in [9.17, 15) is 14.4 Å². The predicted molar refractivity (Wildman–Crippen MR) is 90.2 cm³/mol. The minimum atomic E-state index is -0.253. The zero-order valence-corrected chi connectivity index (χ0v) is 14.1. The number of nitrogens with zero attached hydrogens (tertiary/aromatic N) is 1. The zero-order valence-electron chi connectivity index (χ0n) is 14.1. The normalized spacial score (nSPS) is 37.1. The Morgan fingerprint density at radius 1 is 1.08 bits per heavy atom. The van der Waals surface area contributed by atoms with Gasteiger partial charge in [-0.25, -0.2) is 4.90 Å². The van der Waals surface area contributed by atoms with Crippen LogP contribution in [-0.4, -0.2) is 24.7 Å². The number of Topliss-reactive ketones (excluding diaryl/α,β-unsaturated/α-hetero) is 1. The van der Waals surface area contributed by atoms with Crippen molar-refractivity contribution in [2.75, 3.05) is 12.0 Å². The molecule has 0 unspecified atom stereocenters. The number of benzene rings is 1. The van der Waals surface area contributed by atoms with Crippen molar-refractivity contribution in [3.63, 3.8) is 0 Å². The standard InChI is InChI=1S/C20H19NO4/c1-9(22)10-3-6-16(25-2)15(7-10)21-19(23)17-11-4-5-12(14-8-13(11)14)18(17)20(21)24/h3-7,11-14,17-18H,8H2,1-2H3/t11-,12-,13-,14+,17+,18-/m1/s1. The van der Waals surface area contributed by atoms with Gasteiger partial charge in [0.2, 0.25) is 11.8 Å². The van der Waals surface area contributed by atoms with Crippen molar-refractivity contribution in [1.82, 2.24) is 0 Å². The lowest BCUT2D eigenvalue weighted by Gasteiger charge is -2.37. The van der Waals surface area contributed by atoms with E-state index in [1.807, 2.05) is 0 Å². The molecule has 3 fully saturated rings. The minimum absolute atomic E-state index is 0.108. The van der Waals surface area contributed by atoms with E-state index in [0.717, 1.165) is 6.42 Å². The number of anilines is 1. The smallest absolute Gasteiger partial charge is 0.238 e. The van der Waals surface area contributed by atoms with Gasteiger partial charge in [-0.1, -0.05) is 12.2 Å². The summed E-state index contributed by atoms with van der Waals surface area (Å²) in [5.74, 6) is 1.05. The quantitative estimate of drug-likeness (QED) is 0.483. The van der Waals surface area contributed by atoms with Crippen LogP contribution in [-0.2, 0) is 9.59 Å². The lowest BCUT2D eigenvalue weighted by atomic mass is 9.63. The third-order valence-electron chi connectivity index (χ3n) is 6.49. The number of ketones is 1. The Labute approximate surface area is 145 Å². The van der Waals surface area contributed by atoms with E-state index >= 15 is 0 Å². The molecule has 5 nitrogen and oxygen atoms in total. The number of carbonyl (C=O) groups is 3. The Bertz CT molecular complexity index is 821. The molecule has 1 aromatic rings. The number of carbonyl (C=O) groups excluding carboxylic acids is 3. The molecular weight excluding hydrogens is 318 g/mol. The minimum Gasteiger partial charge on any atom is -0.495 e. The maximum atomic E-state index is 13.2. The molecule has 0 radical (unpaired) electrons. The van der Waals surface area contributed by atoms with Gasteiger partial charge in [-0.2, -0.15) is 0 Å². The van der Waals surface area contributed by atoms with Gasteiger partial charge in [-0.15, -0.1) is 0 Å². The van der Waals surface area contributed by atoms with Crippen molar-refractivity contribution in [3.8, 4) is 5.75 Å². The van der Waals surface area contributed by atoms with Gasteiger partial charge >= 0.3 is 0 Å². The molecule has 2 saturated carbocycles. The fourth-order valence-corrected chi connectivity index (χ4v) is 5.28. The summed E-state index contributed by atoms with van der Waals surface area (Å²) in [6, 6.07) is 4.91. The first-order valence-electron chi connectivity index (χ1n) is 8.78. The summed E-state index contributed by atoms with van der Waals surface area (Å²) >= 11 is 0. The van der Waals surface area contributed by atoms with E-state index in [1.165, 1.54) is 18.9 Å². The lowest BCUT2D eigenvalue weighted by molar-refractivity contribution is -0.124. The summed E-state index contributed by atoms with van der Waals surface area (Å²) in [5, 5.41) is 0. The summed E-state index contributed by atoms with van der Waals surface area (Å²) in [7, 11) is 1.50. The summed E-state index contributed by atoms with van der Waals surface area (Å²) in [6.45, 7) is 1.47. The van der Waals surface area contributed by atoms with Crippen LogP contribution in [0.15, 0.2) is 30.4 Å². The Morgan fingerprint density at radius 2 is 1.68 bits per heavy atom. The molecule has 0 N–H and O–H groups in total. The van der Waals surface area contributed by atoms with Crippen molar-refractivity contribution in [2.45, 2.75) is 13.3 Å². The SMILES string of the molecule is COc1ccc(C(C)=O)cc1N1C(=O)[C@@H]2[C@@H]3C=C[C@H]([C@H]4C[C@@H]34)[C@@H]2C1=O. The number of ether oxygens (including phenoxy) is 1. The van der Waals surface area contributed by atoms with Gasteiger partial charge in [0, 0.05) is 5.56 Å². The highest BCUT2D eigenvalue weighted by Gasteiger charge is 2.67. The Hall–Kier alpha value is -2.43. The maximum absolute atomic E-state index is 13.2. The van der Waals surface area contributed by atoms with Gasteiger partial charge in [0.25, 0.3) is 0 Å². The lowest BCUT2D eigenvalue weighted by Crippen LogP contribution is -2.40. The van der Waals surface area contributed by atoms with Gasteiger partial charge < -0.3 is 4.74 Å². The number of imide groups is 1. The van der Waals surface area contributed by atoms with Gasteiger partial charge in [-0.05, 0) is 55.2 Å². The van der Waals surface area contributed by atoms with E-state index in [4.69, 9.17) is 4.74 Å². The van der Waals surface area contributed by atoms with Crippen LogP contribution >= 0.6 is 0 Å². The molecule has 2 bridgehead atoms. The Balaban J connectivity index is 1.60. The molecule has 1 saturated heterocycles. The van der Waals surface area contributed by atoms with Crippen LogP contribution in [0.1, 0.15) is 23.7 Å². The molecule has 25 heavy (non-hydrogen) atoms. The second kappa shape index (κ2) is 4.81. The number of rotatable bonds is 3. The molecule has 0 spiro atoms. The largest absolute Gasteiger partial charge is 0.495 e. The van der Waals surface area contributed by atoms with E-state index in [1.54, 1.807) is 18.2 Å². The fourth-order valence-electron chi connectivity index (χ4n) is 5.28. The van der Waals surface area contributed by atoms with Crippen molar-refractivity contribution < 1.29 is 19.1 Å².